The van der Waals surface area contributed by atoms with E-state index in [1.165, 1.54) is 33.8 Å². The largest absolute Gasteiger partial charge is 0.389 e. The van der Waals surface area contributed by atoms with Crippen LogP contribution in [0.1, 0.15) is 75.1 Å². The summed E-state index contributed by atoms with van der Waals surface area (Å²) >= 11 is 1.48. The van der Waals surface area contributed by atoms with Gasteiger partial charge in [-0.05, 0) is 87.9 Å². The number of aromatic nitrogens is 1. The van der Waals surface area contributed by atoms with Gasteiger partial charge >= 0.3 is 0 Å². The summed E-state index contributed by atoms with van der Waals surface area (Å²) in [5.41, 5.74) is 1.52. The second-order valence-corrected chi connectivity index (χ2v) is 15.2. The Bertz CT molecular complexity index is 1710. The van der Waals surface area contributed by atoms with Gasteiger partial charge < -0.3 is 20.6 Å². The number of benzene rings is 2. The van der Waals surface area contributed by atoms with E-state index in [-0.39, 0.29) is 59.1 Å². The van der Waals surface area contributed by atoms with Crippen molar-refractivity contribution in [2.75, 3.05) is 29.7 Å². The van der Waals surface area contributed by atoms with Crippen LogP contribution in [0.15, 0.2) is 41.8 Å². The number of likely N-dealkylation sites (tertiary alicyclic amines) is 1. The first-order chi connectivity index (χ1) is 22.0. The van der Waals surface area contributed by atoms with Crippen LogP contribution in [0, 0.1) is 18.6 Å². The third kappa shape index (κ3) is 6.94. The summed E-state index contributed by atoms with van der Waals surface area (Å²) in [5.74, 6) is -2.59. The van der Waals surface area contributed by atoms with Crippen LogP contribution in [-0.4, -0.2) is 78.8 Å². The van der Waals surface area contributed by atoms with Gasteiger partial charge in [0.15, 0.2) is 0 Å². The molecule has 0 radical (unpaired) electrons. The molecule has 1 aromatic heterocycles. The van der Waals surface area contributed by atoms with Gasteiger partial charge in [0.2, 0.25) is 10.0 Å². The number of hydrogen-bond donors (Lipinski definition) is 3. The van der Waals surface area contributed by atoms with E-state index in [2.05, 4.69) is 15.6 Å². The minimum atomic E-state index is -3.64. The molecule has 3 N–H and O–H groups in total. The highest BCUT2D eigenvalue weighted by Crippen LogP contribution is 2.36. The van der Waals surface area contributed by atoms with E-state index < -0.39 is 39.7 Å². The summed E-state index contributed by atoms with van der Waals surface area (Å²) in [6.45, 7) is 3.28. The molecule has 0 bridgehead atoms. The SMILES string of the molecule is Cc1csc([C@H]2CCCN2C(=O)c2cc(C(=O)N[C@H](Cc3cc(F)cc(F)c3)[C@H](O)[C@@H]3CCCN3)cc(N3CCCS3(=O)=O)c2)n1. The standard InChI is InChI=1S/C32H37F2N5O5S2/c1-19-18-45-31(36-19)28-6-3-8-38(28)32(42)22-14-21(15-25(16-22)39-9-4-10-46(39,43)44)30(41)37-27(29(40)26-5-2-7-35-26)13-20-11-23(33)17-24(34)12-20/h11-12,14-18,26-29,35,40H,2-10,13H2,1H3,(H,37,41)/t26-,27+,28+,29+/m0/s1. The third-order valence-corrected chi connectivity index (χ3v) is 11.8. The predicted molar refractivity (Wildman–Crippen MR) is 170 cm³/mol. The van der Waals surface area contributed by atoms with Gasteiger partial charge in [-0.15, -0.1) is 11.3 Å². The number of aliphatic hydroxyl groups is 1. The highest BCUT2D eigenvalue weighted by molar-refractivity contribution is 7.93. The number of sulfonamides is 1. The molecule has 246 valence electrons. The number of halogens is 2. The maximum Gasteiger partial charge on any atom is 0.254 e. The number of rotatable bonds is 9. The van der Waals surface area contributed by atoms with Crippen molar-refractivity contribution in [2.45, 2.75) is 69.7 Å². The Labute approximate surface area is 270 Å². The van der Waals surface area contributed by atoms with Gasteiger partial charge in [0, 0.05) is 47.4 Å². The lowest BCUT2D eigenvalue weighted by Gasteiger charge is -2.29. The molecule has 0 unspecified atom stereocenters. The maximum absolute atomic E-state index is 14.1. The van der Waals surface area contributed by atoms with Crippen molar-refractivity contribution in [1.82, 2.24) is 20.5 Å². The minimum Gasteiger partial charge on any atom is -0.389 e. The number of nitrogens with zero attached hydrogens (tertiary/aromatic N) is 3. The van der Waals surface area contributed by atoms with Gasteiger partial charge in [-0.2, -0.15) is 0 Å². The van der Waals surface area contributed by atoms with Gasteiger partial charge in [-0.3, -0.25) is 13.9 Å². The van der Waals surface area contributed by atoms with Crippen LogP contribution in [0.25, 0.3) is 0 Å². The molecule has 3 aromatic rings. The second-order valence-electron chi connectivity index (χ2n) is 12.2. The fourth-order valence-corrected chi connectivity index (χ4v) is 9.16. The molecule has 0 aliphatic carbocycles. The predicted octanol–water partition coefficient (Wildman–Crippen LogP) is 3.70. The van der Waals surface area contributed by atoms with E-state index in [1.807, 2.05) is 12.3 Å². The minimum absolute atomic E-state index is 0.0331. The van der Waals surface area contributed by atoms with E-state index in [9.17, 15) is 31.9 Å². The average Bonchev–Trinajstić information content (AvgIpc) is 3.83. The molecule has 3 aliphatic heterocycles. The van der Waals surface area contributed by atoms with Crippen molar-refractivity contribution >= 4 is 38.9 Å². The van der Waals surface area contributed by atoms with Crippen LogP contribution < -0.4 is 14.9 Å². The highest BCUT2D eigenvalue weighted by atomic mass is 32.2. The summed E-state index contributed by atoms with van der Waals surface area (Å²) in [6.07, 6.45) is 2.25. The Kier molecular flexibility index (Phi) is 9.42. The monoisotopic (exact) mass is 673 g/mol. The summed E-state index contributed by atoms with van der Waals surface area (Å²) in [7, 11) is -3.64. The van der Waals surface area contributed by atoms with E-state index >= 15 is 0 Å². The number of nitrogens with one attached hydrogen (secondary N) is 2. The topological polar surface area (TPSA) is 132 Å². The molecule has 4 heterocycles. The molecule has 4 atom stereocenters. The number of anilines is 1. The van der Waals surface area contributed by atoms with Crippen LogP contribution in [0.3, 0.4) is 0 Å². The molecular formula is C32H37F2N5O5S2. The van der Waals surface area contributed by atoms with Crippen molar-refractivity contribution in [3.8, 4) is 0 Å². The molecule has 6 rings (SSSR count). The Balaban J connectivity index is 1.34. The van der Waals surface area contributed by atoms with Crippen LogP contribution in [-0.2, 0) is 16.4 Å². The first-order valence-corrected chi connectivity index (χ1v) is 18.0. The van der Waals surface area contributed by atoms with Crippen molar-refractivity contribution in [3.63, 3.8) is 0 Å². The lowest BCUT2D eigenvalue weighted by atomic mass is 9.94. The number of thiazole rings is 1. The average molecular weight is 674 g/mol. The molecule has 3 fully saturated rings. The van der Waals surface area contributed by atoms with E-state index in [4.69, 9.17) is 0 Å². The zero-order chi connectivity index (χ0) is 32.6. The van der Waals surface area contributed by atoms with Crippen LogP contribution in [0.5, 0.6) is 0 Å². The lowest BCUT2D eigenvalue weighted by Crippen LogP contribution is -2.52. The van der Waals surface area contributed by atoms with Gasteiger partial charge in [0.25, 0.3) is 11.8 Å². The Morgan fingerprint density at radius 2 is 1.83 bits per heavy atom. The van der Waals surface area contributed by atoms with Gasteiger partial charge in [-0.1, -0.05) is 0 Å². The normalized spacial score (nSPS) is 22.3. The zero-order valence-corrected chi connectivity index (χ0v) is 27.0. The van der Waals surface area contributed by atoms with E-state index in [1.54, 1.807) is 4.90 Å². The highest BCUT2D eigenvalue weighted by Gasteiger charge is 2.36. The smallest absolute Gasteiger partial charge is 0.254 e. The molecule has 46 heavy (non-hydrogen) atoms. The first kappa shape index (κ1) is 32.5. The Morgan fingerprint density at radius 3 is 2.48 bits per heavy atom. The Hall–Kier alpha value is -3.46. The quantitative estimate of drug-likeness (QED) is 0.316. The number of carbonyl (C=O) groups is 2. The van der Waals surface area contributed by atoms with E-state index in [0.717, 1.165) is 48.2 Å². The third-order valence-electron chi connectivity index (χ3n) is 8.87. The molecule has 0 spiro atoms. The zero-order valence-electron chi connectivity index (χ0n) is 25.4. The summed E-state index contributed by atoms with van der Waals surface area (Å²) < 4.78 is 55.2. The summed E-state index contributed by atoms with van der Waals surface area (Å²) in [4.78, 5) is 34.3. The van der Waals surface area contributed by atoms with Gasteiger partial charge in [-0.25, -0.2) is 22.2 Å². The molecule has 10 nitrogen and oxygen atoms in total. The molecule has 2 aromatic carbocycles. The second kappa shape index (κ2) is 13.3. The van der Waals surface area contributed by atoms with Crippen molar-refractivity contribution in [1.29, 1.82) is 0 Å². The fraction of sp³-hybridized carbons (Fsp3) is 0.469. The van der Waals surface area contributed by atoms with Crippen LogP contribution in [0.2, 0.25) is 0 Å². The fourth-order valence-electron chi connectivity index (χ4n) is 6.67. The van der Waals surface area contributed by atoms with Crippen LogP contribution in [0.4, 0.5) is 14.5 Å². The summed E-state index contributed by atoms with van der Waals surface area (Å²) in [6, 6.07) is 5.92. The number of carbonyl (C=O) groups excluding carboxylic acids is 2. The van der Waals surface area contributed by atoms with E-state index in [0.29, 0.717) is 25.9 Å². The molecule has 14 heteroatoms. The Morgan fingerprint density at radius 1 is 1.07 bits per heavy atom. The van der Waals surface area contributed by atoms with Gasteiger partial charge in [0.05, 0.1) is 29.6 Å². The molecule has 3 aliphatic rings. The summed E-state index contributed by atoms with van der Waals surface area (Å²) in [5, 5.41) is 20.1. The maximum atomic E-state index is 14.1. The number of hydrogen-bond acceptors (Lipinski definition) is 8. The molecular weight excluding hydrogens is 637 g/mol. The van der Waals surface area contributed by atoms with Crippen LogP contribution >= 0.6 is 11.3 Å². The van der Waals surface area contributed by atoms with Crippen molar-refractivity contribution < 1.29 is 31.9 Å². The van der Waals surface area contributed by atoms with Gasteiger partial charge in [0.1, 0.15) is 16.6 Å². The molecule has 2 amide bonds. The van der Waals surface area contributed by atoms with Crippen molar-refractivity contribution in [3.05, 3.63) is 80.8 Å². The lowest BCUT2D eigenvalue weighted by molar-refractivity contribution is 0.0733. The number of aryl methyl sites for hydroxylation is 1. The number of aliphatic hydroxyl groups excluding tert-OH is 1. The first-order valence-electron chi connectivity index (χ1n) is 15.5. The molecule has 3 saturated heterocycles. The number of amides is 2. The molecule has 0 saturated carbocycles. The van der Waals surface area contributed by atoms with Crippen molar-refractivity contribution in [2.24, 2.45) is 0 Å².